The summed E-state index contributed by atoms with van der Waals surface area (Å²) in [6.45, 7) is 3.54. The molecule has 2 aliphatic rings. The zero-order valence-corrected chi connectivity index (χ0v) is 9.08. The van der Waals surface area contributed by atoms with Gasteiger partial charge >= 0.3 is 0 Å². The molecule has 0 amide bonds. The van der Waals surface area contributed by atoms with Gasteiger partial charge < -0.3 is 15.3 Å². The van der Waals surface area contributed by atoms with E-state index in [1.165, 1.54) is 19.4 Å². The number of aliphatic hydroxyl groups is 1. The minimum Gasteiger partial charge on any atom is -0.393 e. The van der Waals surface area contributed by atoms with E-state index in [-0.39, 0.29) is 6.10 Å². The number of hydrogen-bond acceptors (Lipinski definition) is 3. The van der Waals surface area contributed by atoms with Gasteiger partial charge in [0.2, 0.25) is 0 Å². The fourth-order valence-corrected chi connectivity index (χ4v) is 2.47. The molecule has 1 aliphatic carbocycles. The van der Waals surface area contributed by atoms with Crippen molar-refractivity contribution in [2.24, 2.45) is 5.92 Å². The van der Waals surface area contributed by atoms with E-state index in [2.05, 4.69) is 17.3 Å². The van der Waals surface area contributed by atoms with Gasteiger partial charge in [-0.25, -0.2) is 0 Å². The van der Waals surface area contributed by atoms with Crippen LogP contribution in [0.2, 0.25) is 0 Å². The van der Waals surface area contributed by atoms with Crippen molar-refractivity contribution >= 4 is 0 Å². The standard InChI is InChI=1S/C11H22N2O/c1-13(10-6-12-7-10)8-9-2-4-11(14)5-3-9/h9-12,14H,2-8H2,1H3. The lowest BCUT2D eigenvalue weighted by atomic mass is 9.87. The molecule has 0 bridgehead atoms. The highest BCUT2D eigenvalue weighted by atomic mass is 16.3. The quantitative estimate of drug-likeness (QED) is 0.691. The molecule has 1 saturated heterocycles. The molecule has 0 aromatic rings. The third-order valence-electron chi connectivity index (χ3n) is 3.75. The number of hydrogen-bond donors (Lipinski definition) is 2. The first-order chi connectivity index (χ1) is 6.75. The Bertz CT molecular complexity index is 174. The second kappa shape index (κ2) is 4.60. The minimum absolute atomic E-state index is 0.0121. The Morgan fingerprint density at radius 3 is 2.36 bits per heavy atom. The van der Waals surface area contributed by atoms with Crippen LogP contribution in [0.15, 0.2) is 0 Å². The van der Waals surface area contributed by atoms with Crippen molar-refractivity contribution in [3.05, 3.63) is 0 Å². The van der Waals surface area contributed by atoms with Gasteiger partial charge in [-0.15, -0.1) is 0 Å². The largest absolute Gasteiger partial charge is 0.393 e. The van der Waals surface area contributed by atoms with E-state index in [1.54, 1.807) is 0 Å². The molecule has 0 spiro atoms. The predicted octanol–water partition coefficient (Wildman–Crippen LogP) is 0.441. The summed E-state index contributed by atoms with van der Waals surface area (Å²) >= 11 is 0. The van der Waals surface area contributed by atoms with E-state index in [1.807, 2.05) is 0 Å². The van der Waals surface area contributed by atoms with Gasteiger partial charge in [-0.3, -0.25) is 0 Å². The van der Waals surface area contributed by atoms with Gasteiger partial charge in [0, 0.05) is 25.7 Å². The van der Waals surface area contributed by atoms with Crippen LogP contribution in [-0.2, 0) is 0 Å². The third-order valence-corrected chi connectivity index (χ3v) is 3.75. The molecule has 14 heavy (non-hydrogen) atoms. The number of likely N-dealkylation sites (N-methyl/N-ethyl adjacent to an activating group) is 1. The molecular weight excluding hydrogens is 176 g/mol. The summed E-state index contributed by atoms with van der Waals surface area (Å²) in [6.07, 6.45) is 4.45. The number of nitrogens with zero attached hydrogens (tertiary/aromatic N) is 1. The third kappa shape index (κ3) is 2.47. The molecule has 3 heteroatoms. The first-order valence-corrected chi connectivity index (χ1v) is 5.84. The molecule has 2 fully saturated rings. The molecule has 3 nitrogen and oxygen atoms in total. The molecule has 0 unspecified atom stereocenters. The zero-order chi connectivity index (χ0) is 9.97. The van der Waals surface area contributed by atoms with Crippen molar-refractivity contribution in [2.75, 3.05) is 26.7 Å². The summed E-state index contributed by atoms with van der Waals surface area (Å²) in [6, 6.07) is 0.766. The van der Waals surface area contributed by atoms with Gasteiger partial charge in [0.15, 0.2) is 0 Å². The molecule has 2 N–H and O–H groups in total. The van der Waals surface area contributed by atoms with Crippen LogP contribution in [0.3, 0.4) is 0 Å². The Balaban J connectivity index is 1.68. The zero-order valence-electron chi connectivity index (χ0n) is 9.08. The van der Waals surface area contributed by atoms with Crippen LogP contribution in [0.5, 0.6) is 0 Å². The van der Waals surface area contributed by atoms with Gasteiger partial charge in [-0.1, -0.05) is 0 Å². The van der Waals surface area contributed by atoms with E-state index >= 15 is 0 Å². The van der Waals surface area contributed by atoms with Crippen molar-refractivity contribution in [3.8, 4) is 0 Å². The summed E-state index contributed by atoms with van der Waals surface area (Å²) in [5.74, 6) is 0.823. The normalized spacial score (nSPS) is 34.5. The van der Waals surface area contributed by atoms with Crippen molar-refractivity contribution in [1.29, 1.82) is 0 Å². The van der Waals surface area contributed by atoms with Crippen LogP contribution in [0, 0.1) is 5.92 Å². The molecule has 1 heterocycles. The summed E-state index contributed by atoms with van der Waals surface area (Å²) in [5, 5.41) is 12.7. The lowest BCUT2D eigenvalue weighted by molar-refractivity contribution is 0.0835. The van der Waals surface area contributed by atoms with Crippen LogP contribution in [0.25, 0.3) is 0 Å². The molecule has 2 rings (SSSR count). The molecule has 82 valence electrons. The summed E-state index contributed by atoms with van der Waals surface area (Å²) in [4.78, 5) is 2.48. The monoisotopic (exact) mass is 198 g/mol. The van der Waals surface area contributed by atoms with Crippen molar-refractivity contribution in [3.63, 3.8) is 0 Å². The first kappa shape index (κ1) is 10.4. The molecular formula is C11H22N2O. The maximum atomic E-state index is 9.40. The van der Waals surface area contributed by atoms with Crippen LogP contribution in [0.4, 0.5) is 0 Å². The molecule has 1 saturated carbocycles. The van der Waals surface area contributed by atoms with E-state index in [0.717, 1.165) is 37.9 Å². The van der Waals surface area contributed by atoms with Gasteiger partial charge in [0.25, 0.3) is 0 Å². The van der Waals surface area contributed by atoms with Crippen LogP contribution in [0.1, 0.15) is 25.7 Å². The molecule has 0 atom stereocenters. The average Bonchev–Trinajstić information content (AvgIpc) is 2.06. The minimum atomic E-state index is -0.0121. The van der Waals surface area contributed by atoms with Crippen molar-refractivity contribution < 1.29 is 5.11 Å². The van der Waals surface area contributed by atoms with Gasteiger partial charge in [-0.2, -0.15) is 0 Å². The maximum absolute atomic E-state index is 9.40. The van der Waals surface area contributed by atoms with E-state index in [0.29, 0.717) is 0 Å². The molecule has 0 aromatic carbocycles. The number of aliphatic hydroxyl groups excluding tert-OH is 1. The van der Waals surface area contributed by atoms with Crippen molar-refractivity contribution in [2.45, 2.75) is 37.8 Å². The van der Waals surface area contributed by atoms with E-state index in [9.17, 15) is 5.11 Å². The van der Waals surface area contributed by atoms with Crippen LogP contribution < -0.4 is 5.32 Å². The van der Waals surface area contributed by atoms with Crippen LogP contribution >= 0.6 is 0 Å². The van der Waals surface area contributed by atoms with Crippen molar-refractivity contribution in [1.82, 2.24) is 10.2 Å². The summed E-state index contributed by atoms with van der Waals surface area (Å²) < 4.78 is 0. The number of nitrogens with one attached hydrogen (secondary N) is 1. The van der Waals surface area contributed by atoms with E-state index in [4.69, 9.17) is 0 Å². The Kier molecular flexibility index (Phi) is 3.42. The molecule has 1 aliphatic heterocycles. The summed E-state index contributed by atoms with van der Waals surface area (Å²) in [7, 11) is 2.23. The second-order valence-electron chi connectivity index (χ2n) is 4.93. The lowest BCUT2D eigenvalue weighted by Gasteiger charge is -2.38. The highest BCUT2D eigenvalue weighted by Crippen LogP contribution is 2.25. The highest BCUT2D eigenvalue weighted by Gasteiger charge is 2.25. The molecule has 0 aromatic heterocycles. The maximum Gasteiger partial charge on any atom is 0.0540 e. The Hall–Kier alpha value is -0.120. The topological polar surface area (TPSA) is 35.5 Å². The fourth-order valence-electron chi connectivity index (χ4n) is 2.47. The average molecular weight is 198 g/mol. The highest BCUT2D eigenvalue weighted by molar-refractivity contribution is 4.84. The SMILES string of the molecule is CN(CC1CCC(O)CC1)C1CNC1. The van der Waals surface area contributed by atoms with Crippen LogP contribution in [-0.4, -0.2) is 48.8 Å². The first-order valence-electron chi connectivity index (χ1n) is 5.84. The van der Waals surface area contributed by atoms with E-state index < -0.39 is 0 Å². The predicted molar refractivity (Wildman–Crippen MR) is 57.3 cm³/mol. The lowest BCUT2D eigenvalue weighted by Crippen LogP contribution is -2.56. The Morgan fingerprint density at radius 1 is 1.21 bits per heavy atom. The molecule has 0 radical (unpaired) electrons. The fraction of sp³-hybridized carbons (Fsp3) is 1.00. The Labute approximate surface area is 86.5 Å². The Morgan fingerprint density at radius 2 is 1.86 bits per heavy atom. The summed E-state index contributed by atoms with van der Waals surface area (Å²) in [5.41, 5.74) is 0. The second-order valence-corrected chi connectivity index (χ2v) is 4.93. The smallest absolute Gasteiger partial charge is 0.0540 e. The van der Waals surface area contributed by atoms with Gasteiger partial charge in [0.1, 0.15) is 0 Å². The van der Waals surface area contributed by atoms with Gasteiger partial charge in [-0.05, 0) is 38.6 Å². The number of rotatable bonds is 3. The van der Waals surface area contributed by atoms with Gasteiger partial charge in [0.05, 0.1) is 6.10 Å².